The molecule has 2 rings (SSSR count). The molecule has 0 heterocycles. The topological polar surface area (TPSA) is 15.3 Å². The second-order valence-electron chi connectivity index (χ2n) is 4.36. The molecule has 1 N–H and O–H groups in total. The summed E-state index contributed by atoms with van der Waals surface area (Å²) in [5.74, 6) is 0.931. The van der Waals surface area contributed by atoms with Crippen molar-refractivity contribution in [3.63, 3.8) is 0 Å². The minimum Gasteiger partial charge on any atom is -0.319 e. The van der Waals surface area contributed by atoms with Gasteiger partial charge in [0.1, 0.15) is 0 Å². The van der Waals surface area contributed by atoms with E-state index in [2.05, 4.69) is 24.3 Å². The first-order chi connectivity index (χ1) is 5.83. The quantitative estimate of drug-likeness (QED) is 0.675. The molecule has 12 heavy (non-hydrogen) atoms. The van der Waals surface area contributed by atoms with Crippen LogP contribution in [0.2, 0.25) is 0 Å². The molecule has 2 aliphatic carbocycles. The maximum atomic E-state index is 3.29. The molecule has 2 unspecified atom stereocenters. The summed E-state index contributed by atoms with van der Waals surface area (Å²) in [6.07, 6.45) is 5.75. The van der Waals surface area contributed by atoms with Gasteiger partial charge in [-0.15, -0.1) is 0 Å². The van der Waals surface area contributed by atoms with E-state index in [1.807, 2.05) is 0 Å². The van der Waals surface area contributed by atoms with Crippen LogP contribution in [0.3, 0.4) is 0 Å². The van der Waals surface area contributed by atoms with Crippen molar-refractivity contribution >= 4 is 0 Å². The van der Waals surface area contributed by atoms with Crippen LogP contribution in [0.15, 0.2) is 0 Å². The first-order valence-electron chi connectivity index (χ1n) is 5.19. The first kappa shape index (κ1) is 8.52. The molecule has 2 aliphatic rings. The molecule has 0 amide bonds. The maximum Gasteiger partial charge on any atom is 0.0136 e. The van der Waals surface area contributed by atoms with Gasteiger partial charge in [-0.05, 0) is 52.2 Å². The molecular formula is C10H20N2. The van der Waals surface area contributed by atoms with Gasteiger partial charge >= 0.3 is 0 Å². The zero-order valence-corrected chi connectivity index (χ0v) is 8.21. The van der Waals surface area contributed by atoms with Gasteiger partial charge in [-0.1, -0.05) is 0 Å². The predicted molar refractivity (Wildman–Crippen MR) is 51.2 cm³/mol. The molecule has 0 aromatic carbocycles. The summed E-state index contributed by atoms with van der Waals surface area (Å²) in [5.41, 5.74) is 0. The van der Waals surface area contributed by atoms with Crippen molar-refractivity contribution in [2.75, 3.05) is 20.6 Å². The Kier molecular flexibility index (Phi) is 2.37. The largest absolute Gasteiger partial charge is 0.319 e. The molecule has 0 saturated heterocycles. The van der Waals surface area contributed by atoms with Gasteiger partial charge in [0.15, 0.2) is 0 Å². The standard InChI is InChI=1S/C10H20N2/c1-11-7-8-3-6-10(8)12(2)9-4-5-9/h8-11H,3-7H2,1-2H3. The number of rotatable bonds is 4. The second kappa shape index (κ2) is 3.35. The lowest BCUT2D eigenvalue weighted by molar-refractivity contribution is 0.0789. The van der Waals surface area contributed by atoms with Crippen molar-refractivity contribution in [1.82, 2.24) is 10.2 Å². The van der Waals surface area contributed by atoms with E-state index >= 15 is 0 Å². The molecular weight excluding hydrogens is 148 g/mol. The van der Waals surface area contributed by atoms with Crippen LogP contribution in [0.25, 0.3) is 0 Å². The zero-order valence-electron chi connectivity index (χ0n) is 8.21. The molecule has 70 valence electrons. The average molecular weight is 168 g/mol. The highest BCUT2D eigenvalue weighted by molar-refractivity contribution is 4.94. The third-order valence-electron chi connectivity index (χ3n) is 3.49. The van der Waals surface area contributed by atoms with Gasteiger partial charge in [-0.25, -0.2) is 0 Å². The van der Waals surface area contributed by atoms with Gasteiger partial charge in [0.05, 0.1) is 0 Å². The fourth-order valence-corrected chi connectivity index (χ4v) is 2.34. The molecule has 0 aromatic heterocycles. The van der Waals surface area contributed by atoms with E-state index in [9.17, 15) is 0 Å². The molecule has 2 saturated carbocycles. The van der Waals surface area contributed by atoms with Crippen molar-refractivity contribution < 1.29 is 0 Å². The van der Waals surface area contributed by atoms with Gasteiger partial charge in [0, 0.05) is 12.1 Å². The Balaban J connectivity index is 1.79. The van der Waals surface area contributed by atoms with Crippen LogP contribution in [0.1, 0.15) is 25.7 Å². The summed E-state index contributed by atoms with van der Waals surface area (Å²) in [7, 11) is 4.37. The number of hydrogen-bond donors (Lipinski definition) is 1. The fraction of sp³-hybridized carbons (Fsp3) is 1.00. The normalized spacial score (nSPS) is 35.2. The smallest absolute Gasteiger partial charge is 0.0136 e. The second-order valence-corrected chi connectivity index (χ2v) is 4.36. The van der Waals surface area contributed by atoms with Gasteiger partial charge in [-0.3, -0.25) is 0 Å². The Morgan fingerprint density at radius 1 is 1.25 bits per heavy atom. The SMILES string of the molecule is CNCC1CCC1N(C)C1CC1. The minimum absolute atomic E-state index is 0.893. The Morgan fingerprint density at radius 2 is 2.00 bits per heavy atom. The Bertz CT molecular complexity index is 154. The van der Waals surface area contributed by atoms with E-state index in [1.54, 1.807) is 0 Å². The monoisotopic (exact) mass is 168 g/mol. The molecule has 0 aromatic rings. The molecule has 0 spiro atoms. The minimum atomic E-state index is 0.893. The average Bonchev–Trinajstić information content (AvgIpc) is 2.79. The first-order valence-corrected chi connectivity index (χ1v) is 5.19. The number of nitrogens with one attached hydrogen (secondary N) is 1. The van der Waals surface area contributed by atoms with Crippen LogP contribution in [-0.2, 0) is 0 Å². The van der Waals surface area contributed by atoms with E-state index in [1.165, 1.54) is 32.2 Å². The summed E-state index contributed by atoms with van der Waals surface area (Å²) in [4.78, 5) is 2.62. The summed E-state index contributed by atoms with van der Waals surface area (Å²) in [6, 6.07) is 1.83. The van der Waals surface area contributed by atoms with E-state index in [4.69, 9.17) is 0 Å². The van der Waals surface area contributed by atoms with Crippen molar-refractivity contribution in [3.05, 3.63) is 0 Å². The Morgan fingerprint density at radius 3 is 2.42 bits per heavy atom. The molecule has 2 heteroatoms. The lowest BCUT2D eigenvalue weighted by atomic mass is 9.78. The van der Waals surface area contributed by atoms with Crippen molar-refractivity contribution in [2.24, 2.45) is 5.92 Å². The van der Waals surface area contributed by atoms with Crippen LogP contribution < -0.4 is 5.32 Å². The number of nitrogens with zero attached hydrogens (tertiary/aromatic N) is 1. The highest BCUT2D eigenvalue weighted by Crippen LogP contribution is 2.37. The van der Waals surface area contributed by atoms with E-state index < -0.39 is 0 Å². The lowest BCUT2D eigenvalue weighted by Gasteiger charge is -2.43. The highest BCUT2D eigenvalue weighted by atomic mass is 15.2. The lowest BCUT2D eigenvalue weighted by Crippen LogP contribution is -2.49. The van der Waals surface area contributed by atoms with Crippen LogP contribution in [0, 0.1) is 5.92 Å². The summed E-state index contributed by atoms with van der Waals surface area (Å²) in [5, 5.41) is 3.29. The van der Waals surface area contributed by atoms with Crippen LogP contribution >= 0.6 is 0 Å². The zero-order chi connectivity index (χ0) is 8.55. The molecule has 0 aliphatic heterocycles. The highest BCUT2D eigenvalue weighted by Gasteiger charge is 2.39. The molecule has 0 bridgehead atoms. The van der Waals surface area contributed by atoms with Gasteiger partial charge < -0.3 is 10.2 Å². The number of hydrogen-bond acceptors (Lipinski definition) is 2. The molecule has 0 radical (unpaired) electrons. The van der Waals surface area contributed by atoms with E-state index in [0.717, 1.165) is 18.0 Å². The fourth-order valence-electron chi connectivity index (χ4n) is 2.34. The molecule has 2 nitrogen and oxygen atoms in total. The predicted octanol–water partition coefficient (Wildman–Crippen LogP) is 1.08. The maximum absolute atomic E-state index is 3.29. The Labute approximate surface area is 75.3 Å². The van der Waals surface area contributed by atoms with E-state index in [-0.39, 0.29) is 0 Å². The molecule has 2 fully saturated rings. The summed E-state index contributed by atoms with van der Waals surface area (Å²) < 4.78 is 0. The summed E-state index contributed by atoms with van der Waals surface area (Å²) >= 11 is 0. The van der Waals surface area contributed by atoms with Crippen LogP contribution in [0.5, 0.6) is 0 Å². The van der Waals surface area contributed by atoms with Crippen LogP contribution in [0.4, 0.5) is 0 Å². The van der Waals surface area contributed by atoms with Crippen molar-refractivity contribution in [3.8, 4) is 0 Å². The van der Waals surface area contributed by atoms with Gasteiger partial charge in [0.2, 0.25) is 0 Å². The Hall–Kier alpha value is -0.0800. The van der Waals surface area contributed by atoms with E-state index in [0.29, 0.717) is 0 Å². The van der Waals surface area contributed by atoms with Crippen molar-refractivity contribution in [2.45, 2.75) is 37.8 Å². The van der Waals surface area contributed by atoms with Crippen LogP contribution in [-0.4, -0.2) is 37.6 Å². The van der Waals surface area contributed by atoms with Gasteiger partial charge in [0.25, 0.3) is 0 Å². The third kappa shape index (κ3) is 1.50. The van der Waals surface area contributed by atoms with Gasteiger partial charge in [-0.2, -0.15) is 0 Å². The van der Waals surface area contributed by atoms with Crippen molar-refractivity contribution in [1.29, 1.82) is 0 Å². The summed E-state index contributed by atoms with van der Waals surface area (Å²) in [6.45, 7) is 1.21. The third-order valence-corrected chi connectivity index (χ3v) is 3.49. The molecule has 2 atom stereocenters.